The summed E-state index contributed by atoms with van der Waals surface area (Å²) < 4.78 is 82.2. The summed E-state index contributed by atoms with van der Waals surface area (Å²) in [6.07, 6.45) is -5.84. The predicted molar refractivity (Wildman–Crippen MR) is 132 cm³/mol. The number of amides is 1. The molecule has 4 rings (SSSR count). The van der Waals surface area contributed by atoms with E-state index in [9.17, 15) is 45.8 Å². The molecule has 0 saturated carbocycles. The topological polar surface area (TPSA) is 115 Å². The Morgan fingerprint density at radius 2 is 1.69 bits per heavy atom. The summed E-state index contributed by atoms with van der Waals surface area (Å²) in [6, 6.07) is 6.38. The Labute approximate surface area is 222 Å². The Morgan fingerprint density at radius 1 is 1.05 bits per heavy atom. The summed E-state index contributed by atoms with van der Waals surface area (Å²) in [5.74, 6) is -1.35. The molecule has 2 aromatic rings. The number of likely N-dealkylation sites (tertiary alicyclic amines) is 1. The molecule has 2 aliphatic heterocycles. The van der Waals surface area contributed by atoms with Gasteiger partial charge in [0.05, 0.1) is 22.7 Å². The molecule has 2 heterocycles. The number of anilines is 1. The third-order valence-electron chi connectivity index (χ3n) is 7.18. The number of ketones is 1. The van der Waals surface area contributed by atoms with Crippen LogP contribution in [0, 0.1) is 5.82 Å². The minimum absolute atomic E-state index is 0.0516. The highest BCUT2D eigenvalue weighted by molar-refractivity contribution is 7.92. The second kappa shape index (κ2) is 10.5. The quantitative estimate of drug-likeness (QED) is 0.470. The molecule has 1 saturated heterocycles. The average molecular weight is 573 g/mol. The Kier molecular flexibility index (Phi) is 7.80. The van der Waals surface area contributed by atoms with Gasteiger partial charge in [0.15, 0.2) is 5.60 Å². The van der Waals surface area contributed by atoms with Crippen molar-refractivity contribution in [3.8, 4) is 0 Å². The summed E-state index contributed by atoms with van der Waals surface area (Å²) >= 11 is 0. The molecular formula is C26H28F4N2O6S. The summed E-state index contributed by atoms with van der Waals surface area (Å²) in [5.41, 5.74) is -3.35. The number of aliphatic hydroxyl groups is 2. The molecule has 13 heteroatoms. The Morgan fingerprint density at radius 3 is 2.28 bits per heavy atom. The summed E-state index contributed by atoms with van der Waals surface area (Å²) in [4.78, 5) is 26.1. The molecule has 2 aromatic carbocycles. The van der Waals surface area contributed by atoms with Crippen LogP contribution < -0.4 is 4.31 Å². The largest absolute Gasteiger partial charge is 0.421 e. The van der Waals surface area contributed by atoms with Crippen LogP contribution in [0.5, 0.6) is 0 Å². The van der Waals surface area contributed by atoms with E-state index >= 15 is 0 Å². The van der Waals surface area contributed by atoms with Crippen molar-refractivity contribution >= 4 is 27.4 Å². The van der Waals surface area contributed by atoms with Gasteiger partial charge in [-0.25, -0.2) is 12.8 Å². The molecule has 0 radical (unpaired) electrons. The van der Waals surface area contributed by atoms with Gasteiger partial charge in [-0.3, -0.25) is 13.9 Å². The number of hydrogen-bond acceptors (Lipinski definition) is 6. The highest BCUT2D eigenvalue weighted by atomic mass is 32.2. The molecule has 2 atom stereocenters. The number of hydrogen-bond donors (Lipinski definition) is 2. The third kappa shape index (κ3) is 5.80. The number of carbonyl (C=O) groups is 2. The number of sulfonamides is 1. The van der Waals surface area contributed by atoms with Crippen molar-refractivity contribution in [1.29, 1.82) is 0 Å². The summed E-state index contributed by atoms with van der Waals surface area (Å²) in [5, 5.41) is 19.5. The zero-order chi connectivity index (χ0) is 28.8. The van der Waals surface area contributed by atoms with Crippen molar-refractivity contribution in [2.45, 2.75) is 67.8 Å². The number of rotatable bonds is 8. The van der Waals surface area contributed by atoms with Gasteiger partial charge in [-0.2, -0.15) is 13.2 Å². The average Bonchev–Trinajstić information content (AvgIpc) is 2.84. The van der Waals surface area contributed by atoms with Crippen molar-refractivity contribution in [2.24, 2.45) is 0 Å². The normalized spacial score (nSPS) is 19.7. The standard InChI is InChI=1S/C26H28F4N2O6S/c1-25(36,26(28,29)30)17-3-10-23-16(12-17)2-6-19(13-20(33)7-11-24(35)31-14-21(34)15-31)32(23)39(37,38)22-8-4-18(27)5-9-22/h3-5,8-10,12,19,21,34,36H,2,6-7,11,13-15H2,1H3/t19-,25?/m0/s1. The van der Waals surface area contributed by atoms with Crippen molar-refractivity contribution < 1.29 is 45.8 Å². The molecule has 0 bridgehead atoms. The molecule has 8 nitrogen and oxygen atoms in total. The molecule has 39 heavy (non-hydrogen) atoms. The van der Waals surface area contributed by atoms with Crippen LogP contribution in [-0.4, -0.2) is 66.6 Å². The molecule has 2 aliphatic rings. The number of nitrogens with zero attached hydrogens (tertiary/aromatic N) is 2. The van der Waals surface area contributed by atoms with Crippen LogP contribution in [0.15, 0.2) is 47.4 Å². The number of carbonyl (C=O) groups excluding carboxylic acids is 2. The van der Waals surface area contributed by atoms with Gasteiger partial charge in [0.1, 0.15) is 11.6 Å². The van der Waals surface area contributed by atoms with Crippen LogP contribution in [0.2, 0.25) is 0 Å². The van der Waals surface area contributed by atoms with Crippen LogP contribution in [0.1, 0.15) is 43.7 Å². The SMILES string of the molecule is CC(O)(c1ccc2c(c1)CC[C@@H](CC(=O)CCC(=O)N1CC(O)C1)N2S(=O)(=O)c1ccc(F)cc1)C(F)(F)F. The first-order valence-corrected chi connectivity index (χ1v) is 13.8. The Bertz CT molecular complexity index is 1360. The van der Waals surface area contributed by atoms with Crippen LogP contribution in [0.25, 0.3) is 0 Å². The molecule has 1 fully saturated rings. The molecule has 0 spiro atoms. The van der Waals surface area contributed by atoms with E-state index in [1.165, 1.54) is 11.0 Å². The molecule has 212 valence electrons. The minimum Gasteiger partial charge on any atom is -0.389 e. The van der Waals surface area contributed by atoms with Crippen molar-refractivity contribution in [3.05, 3.63) is 59.4 Å². The van der Waals surface area contributed by atoms with Gasteiger partial charge < -0.3 is 15.1 Å². The van der Waals surface area contributed by atoms with E-state index in [0.29, 0.717) is 6.92 Å². The fourth-order valence-corrected chi connectivity index (χ4v) is 6.48. The number of halogens is 4. The fraction of sp³-hybridized carbons (Fsp3) is 0.462. The zero-order valence-corrected chi connectivity index (χ0v) is 21.8. The molecule has 1 unspecified atom stereocenters. The van der Waals surface area contributed by atoms with Crippen molar-refractivity contribution in [2.75, 3.05) is 17.4 Å². The smallest absolute Gasteiger partial charge is 0.389 e. The molecular weight excluding hydrogens is 544 g/mol. The number of alkyl halides is 3. The predicted octanol–water partition coefficient (Wildman–Crippen LogP) is 3.05. The summed E-state index contributed by atoms with van der Waals surface area (Å²) in [7, 11) is -4.38. The maximum atomic E-state index is 13.7. The summed E-state index contributed by atoms with van der Waals surface area (Å²) in [6.45, 7) is 0.993. The van der Waals surface area contributed by atoms with Gasteiger partial charge in [-0.15, -0.1) is 0 Å². The minimum atomic E-state index is -4.98. The van der Waals surface area contributed by atoms with E-state index in [1.54, 1.807) is 0 Å². The van der Waals surface area contributed by atoms with Crippen LogP contribution in [0.4, 0.5) is 23.2 Å². The number of aliphatic hydroxyl groups excluding tert-OH is 1. The van der Waals surface area contributed by atoms with Gasteiger partial charge in [0.2, 0.25) is 5.91 Å². The van der Waals surface area contributed by atoms with Crippen molar-refractivity contribution in [3.63, 3.8) is 0 Å². The van der Waals surface area contributed by atoms with E-state index in [0.717, 1.165) is 40.7 Å². The first-order chi connectivity index (χ1) is 18.1. The van der Waals surface area contributed by atoms with Gasteiger partial charge >= 0.3 is 6.18 Å². The second-order valence-corrected chi connectivity index (χ2v) is 11.9. The maximum absolute atomic E-state index is 13.7. The number of Topliss-reactive ketones (excluding diaryl/α,β-unsaturated/α-hetero) is 1. The van der Waals surface area contributed by atoms with Gasteiger partial charge in [0.25, 0.3) is 10.0 Å². The van der Waals surface area contributed by atoms with E-state index < -0.39 is 45.3 Å². The lowest BCUT2D eigenvalue weighted by Crippen LogP contribution is -2.53. The third-order valence-corrected chi connectivity index (χ3v) is 9.06. The van der Waals surface area contributed by atoms with E-state index in [4.69, 9.17) is 0 Å². The monoisotopic (exact) mass is 572 g/mol. The number of β-amino-alcohol motifs (C(OH)–C–C–N with tert-alkyl or cyclic N) is 1. The van der Waals surface area contributed by atoms with Gasteiger partial charge in [-0.1, -0.05) is 12.1 Å². The fourth-order valence-electron chi connectivity index (χ4n) is 4.76. The second-order valence-electron chi connectivity index (χ2n) is 10.1. The Balaban J connectivity index is 1.64. The van der Waals surface area contributed by atoms with Crippen molar-refractivity contribution in [1.82, 2.24) is 4.90 Å². The lowest BCUT2D eigenvalue weighted by atomic mass is 9.88. The number of benzene rings is 2. The highest BCUT2D eigenvalue weighted by Crippen LogP contribution is 2.43. The first kappa shape index (κ1) is 29.0. The molecule has 0 aromatic heterocycles. The highest BCUT2D eigenvalue weighted by Gasteiger charge is 2.51. The Hall–Kier alpha value is -3.03. The molecule has 2 N–H and O–H groups in total. The van der Waals surface area contributed by atoms with Gasteiger partial charge in [-0.05, 0) is 61.2 Å². The van der Waals surface area contributed by atoms with E-state index in [-0.39, 0.29) is 73.0 Å². The van der Waals surface area contributed by atoms with Crippen LogP contribution >= 0.6 is 0 Å². The first-order valence-electron chi connectivity index (χ1n) is 12.3. The van der Waals surface area contributed by atoms with Gasteiger partial charge in [0, 0.05) is 32.4 Å². The molecule has 1 amide bonds. The number of fused-ring (bicyclic) bond motifs is 1. The van der Waals surface area contributed by atoms with E-state index in [2.05, 4.69) is 0 Å². The van der Waals surface area contributed by atoms with Crippen LogP contribution in [0.3, 0.4) is 0 Å². The lowest BCUT2D eigenvalue weighted by molar-refractivity contribution is -0.258. The van der Waals surface area contributed by atoms with E-state index in [1.807, 2.05) is 0 Å². The molecule has 0 aliphatic carbocycles. The maximum Gasteiger partial charge on any atom is 0.421 e. The van der Waals surface area contributed by atoms with Crippen LogP contribution in [-0.2, 0) is 31.6 Å². The number of aryl methyl sites for hydroxylation is 1. The lowest BCUT2D eigenvalue weighted by Gasteiger charge is -2.38. The zero-order valence-electron chi connectivity index (χ0n) is 21.0.